The van der Waals surface area contributed by atoms with Gasteiger partial charge in [-0.25, -0.2) is 0 Å². The Morgan fingerprint density at radius 3 is 2.56 bits per heavy atom. The summed E-state index contributed by atoms with van der Waals surface area (Å²) in [6.07, 6.45) is 8.38. The zero-order chi connectivity index (χ0) is 12.6. The monoisotopic (exact) mass is 246 g/mol. The molecule has 4 bridgehead atoms. The lowest BCUT2D eigenvalue weighted by Crippen LogP contribution is -2.72. The molecule has 0 amide bonds. The lowest BCUT2D eigenvalue weighted by molar-refractivity contribution is -0.291. The summed E-state index contributed by atoms with van der Waals surface area (Å²) in [6, 6.07) is 0. The Kier molecular flexibility index (Phi) is 1.46. The van der Waals surface area contributed by atoms with Crippen LogP contribution in [0.15, 0.2) is 0 Å². The average Bonchev–Trinajstić information content (AvgIpc) is 2.96. The Morgan fingerprint density at radius 1 is 1.06 bits per heavy atom. The molecule has 0 saturated heterocycles. The maximum Gasteiger partial charge on any atom is 0.0776 e. The molecule has 5 aliphatic carbocycles. The molecular formula is C17H26O. The third-order valence-corrected chi connectivity index (χ3v) is 9.17. The fourth-order valence-electron chi connectivity index (χ4n) is 8.25. The summed E-state index contributed by atoms with van der Waals surface area (Å²) in [4.78, 5) is 0. The molecule has 1 nitrogen and oxygen atoms in total. The van der Waals surface area contributed by atoms with Crippen molar-refractivity contribution >= 4 is 0 Å². The predicted octanol–water partition coefficient (Wildman–Crippen LogP) is 3.61. The Bertz CT molecular complexity index is 455. The lowest BCUT2D eigenvalue weighted by atomic mass is 9.38. The molecule has 5 saturated carbocycles. The summed E-state index contributed by atoms with van der Waals surface area (Å²) >= 11 is 0. The molecule has 5 fully saturated rings. The highest BCUT2D eigenvalue weighted by molar-refractivity contribution is 5.36. The highest BCUT2D eigenvalue weighted by Crippen LogP contribution is 2.88. The normalized spacial score (nSPS) is 70.0. The second-order valence-corrected chi connectivity index (χ2v) is 9.13. The second kappa shape index (κ2) is 2.45. The minimum atomic E-state index is -0.283. The van der Waals surface area contributed by atoms with Crippen LogP contribution in [0.1, 0.15) is 59.3 Å². The molecule has 18 heavy (non-hydrogen) atoms. The first-order valence-corrected chi connectivity index (χ1v) is 8.10. The molecule has 1 heteroatoms. The fraction of sp³-hybridized carbons (Fsp3) is 1.00. The van der Waals surface area contributed by atoms with Gasteiger partial charge in [-0.2, -0.15) is 0 Å². The van der Waals surface area contributed by atoms with Gasteiger partial charge in [0.05, 0.1) is 5.60 Å². The lowest BCUT2D eigenvalue weighted by Gasteiger charge is -2.69. The van der Waals surface area contributed by atoms with Crippen LogP contribution < -0.4 is 0 Å². The topological polar surface area (TPSA) is 20.2 Å². The standard InChI is InChI=1S/C17H26O/c1-14(2)11-5-6-15(14,3)17(18)12-8-10-4-7-16(12,9-10)13(11)17/h10-13,18H,4-9H2,1-3H3/t10?,11-,12?,13?,15-,16?,17+/m1/s1. The Hall–Kier alpha value is -0.0400. The van der Waals surface area contributed by atoms with Crippen molar-refractivity contribution in [3.05, 3.63) is 0 Å². The van der Waals surface area contributed by atoms with Crippen LogP contribution in [0.2, 0.25) is 0 Å². The largest absolute Gasteiger partial charge is 0.389 e. The fourth-order valence-corrected chi connectivity index (χ4v) is 8.25. The van der Waals surface area contributed by atoms with Gasteiger partial charge in [0, 0.05) is 5.41 Å². The van der Waals surface area contributed by atoms with E-state index in [-0.39, 0.29) is 11.0 Å². The number of aliphatic hydroxyl groups is 1. The van der Waals surface area contributed by atoms with Crippen molar-refractivity contribution < 1.29 is 5.11 Å². The molecule has 5 rings (SSSR count). The van der Waals surface area contributed by atoms with Crippen LogP contribution in [-0.4, -0.2) is 10.7 Å². The van der Waals surface area contributed by atoms with E-state index >= 15 is 0 Å². The van der Waals surface area contributed by atoms with Gasteiger partial charge in [-0.1, -0.05) is 20.8 Å². The van der Waals surface area contributed by atoms with Crippen LogP contribution >= 0.6 is 0 Å². The van der Waals surface area contributed by atoms with Crippen LogP contribution in [0.4, 0.5) is 0 Å². The van der Waals surface area contributed by atoms with Gasteiger partial charge in [-0.15, -0.1) is 0 Å². The van der Waals surface area contributed by atoms with Crippen LogP contribution in [0.3, 0.4) is 0 Å². The van der Waals surface area contributed by atoms with Crippen molar-refractivity contribution in [3.63, 3.8) is 0 Å². The van der Waals surface area contributed by atoms with Gasteiger partial charge in [0.1, 0.15) is 0 Å². The van der Waals surface area contributed by atoms with E-state index in [1.807, 2.05) is 0 Å². The van der Waals surface area contributed by atoms with Crippen LogP contribution in [0.5, 0.6) is 0 Å². The minimum absolute atomic E-state index is 0.204. The molecule has 100 valence electrons. The minimum Gasteiger partial charge on any atom is -0.389 e. The van der Waals surface area contributed by atoms with E-state index in [4.69, 9.17) is 0 Å². The molecule has 1 spiro atoms. The molecule has 1 N–H and O–H groups in total. The van der Waals surface area contributed by atoms with Gasteiger partial charge in [-0.3, -0.25) is 0 Å². The smallest absolute Gasteiger partial charge is 0.0776 e. The van der Waals surface area contributed by atoms with Crippen molar-refractivity contribution in [1.82, 2.24) is 0 Å². The van der Waals surface area contributed by atoms with E-state index in [0.717, 1.165) is 11.8 Å². The predicted molar refractivity (Wildman–Crippen MR) is 70.9 cm³/mol. The van der Waals surface area contributed by atoms with Gasteiger partial charge < -0.3 is 5.11 Å². The number of rotatable bonds is 0. The molecule has 0 aromatic rings. The third-order valence-electron chi connectivity index (χ3n) is 9.17. The van der Waals surface area contributed by atoms with Crippen LogP contribution in [-0.2, 0) is 0 Å². The molecule has 5 aliphatic rings. The maximum absolute atomic E-state index is 11.6. The van der Waals surface area contributed by atoms with Gasteiger partial charge in [0.15, 0.2) is 0 Å². The van der Waals surface area contributed by atoms with Crippen molar-refractivity contribution in [2.75, 3.05) is 0 Å². The average molecular weight is 246 g/mol. The summed E-state index contributed by atoms with van der Waals surface area (Å²) in [5, 5.41) is 11.6. The number of hydrogen-bond acceptors (Lipinski definition) is 1. The molecule has 0 aromatic heterocycles. The summed E-state index contributed by atoms with van der Waals surface area (Å²) < 4.78 is 0. The van der Waals surface area contributed by atoms with E-state index in [2.05, 4.69) is 20.8 Å². The van der Waals surface area contributed by atoms with Crippen LogP contribution in [0.25, 0.3) is 0 Å². The van der Waals surface area contributed by atoms with E-state index in [1.54, 1.807) is 0 Å². The molecule has 0 aromatic carbocycles. The number of hydrogen-bond donors (Lipinski definition) is 1. The van der Waals surface area contributed by atoms with Gasteiger partial charge in [-0.05, 0) is 73.0 Å². The Balaban J connectivity index is 1.72. The first kappa shape index (κ1) is 10.7. The first-order valence-electron chi connectivity index (χ1n) is 8.10. The van der Waals surface area contributed by atoms with Gasteiger partial charge in [0.2, 0.25) is 0 Å². The first-order chi connectivity index (χ1) is 8.38. The second-order valence-electron chi connectivity index (χ2n) is 9.13. The molecule has 0 aliphatic heterocycles. The SMILES string of the molecule is CC1(C)[C@@H]2CC[C@@]1(C)[C@]1(O)C3CC4CCC3(C4)C21. The van der Waals surface area contributed by atoms with E-state index < -0.39 is 0 Å². The molecule has 0 heterocycles. The maximum atomic E-state index is 11.6. The van der Waals surface area contributed by atoms with Crippen LogP contribution in [0, 0.1) is 39.9 Å². The molecule has 4 unspecified atom stereocenters. The third kappa shape index (κ3) is 0.671. The summed E-state index contributed by atoms with van der Waals surface area (Å²) in [5.74, 6) is 3.11. The molecular weight excluding hydrogens is 220 g/mol. The summed E-state index contributed by atoms with van der Waals surface area (Å²) in [7, 11) is 0. The zero-order valence-electron chi connectivity index (χ0n) is 12.0. The molecule has 0 radical (unpaired) electrons. The molecule has 7 atom stereocenters. The quantitative estimate of drug-likeness (QED) is 0.692. The van der Waals surface area contributed by atoms with Crippen molar-refractivity contribution in [2.45, 2.75) is 64.9 Å². The summed E-state index contributed by atoms with van der Waals surface area (Å²) in [5.41, 5.74) is 0.882. The zero-order valence-corrected chi connectivity index (χ0v) is 12.0. The highest BCUT2D eigenvalue weighted by atomic mass is 16.3. The van der Waals surface area contributed by atoms with Gasteiger partial charge >= 0.3 is 0 Å². The highest BCUT2D eigenvalue weighted by Gasteiger charge is 2.88. The van der Waals surface area contributed by atoms with Crippen molar-refractivity contribution in [1.29, 1.82) is 0 Å². The van der Waals surface area contributed by atoms with E-state index in [1.165, 1.54) is 38.5 Å². The Labute approximate surface area is 110 Å². The summed E-state index contributed by atoms with van der Waals surface area (Å²) in [6.45, 7) is 7.34. The van der Waals surface area contributed by atoms with Crippen molar-refractivity contribution in [2.24, 2.45) is 39.9 Å². The van der Waals surface area contributed by atoms with E-state index in [9.17, 15) is 5.11 Å². The van der Waals surface area contributed by atoms with Gasteiger partial charge in [0.25, 0.3) is 0 Å². The van der Waals surface area contributed by atoms with Crippen molar-refractivity contribution in [3.8, 4) is 0 Å². The Morgan fingerprint density at radius 2 is 1.83 bits per heavy atom. The van der Waals surface area contributed by atoms with E-state index in [0.29, 0.717) is 22.7 Å². The number of fused-ring (bicyclic) bond motifs is 7.